The Morgan fingerprint density at radius 2 is 1.85 bits per heavy atom. The van der Waals surface area contributed by atoms with Crippen LogP contribution in [0.15, 0.2) is 48.5 Å². The molecule has 0 saturated carbocycles. The van der Waals surface area contributed by atoms with Gasteiger partial charge in [0.2, 0.25) is 5.88 Å². The number of nitrogens with zero attached hydrogens (tertiary/aromatic N) is 1. The molecule has 6 nitrogen and oxygen atoms in total. The minimum atomic E-state index is -0.606. The zero-order valence-electron chi connectivity index (χ0n) is 14.8. The van der Waals surface area contributed by atoms with Crippen molar-refractivity contribution < 1.29 is 19.1 Å². The number of carbonyl (C=O) groups is 2. The molecule has 1 N–H and O–H groups in total. The molecule has 2 aromatic carbocycles. The van der Waals surface area contributed by atoms with Gasteiger partial charge in [0.15, 0.2) is 0 Å². The van der Waals surface area contributed by atoms with Crippen molar-refractivity contribution in [2.45, 2.75) is 6.54 Å². The normalized spacial score (nSPS) is 10.5. The first kappa shape index (κ1) is 18.7. The first-order valence-corrected chi connectivity index (χ1v) is 8.50. The number of ether oxygens (including phenoxy) is 2. The average Bonchev–Trinajstić information content (AvgIpc) is 2.71. The number of amides is 1. The molecule has 0 atom stereocenters. The van der Waals surface area contributed by atoms with E-state index in [1.165, 1.54) is 14.2 Å². The van der Waals surface area contributed by atoms with Gasteiger partial charge < -0.3 is 14.8 Å². The van der Waals surface area contributed by atoms with Crippen molar-refractivity contribution in [1.29, 1.82) is 0 Å². The van der Waals surface area contributed by atoms with Crippen LogP contribution in [0.5, 0.6) is 5.88 Å². The third kappa shape index (κ3) is 3.85. The van der Waals surface area contributed by atoms with Gasteiger partial charge in [-0.05, 0) is 30.3 Å². The molecule has 0 aliphatic heterocycles. The molecule has 7 heteroatoms. The largest absolute Gasteiger partial charge is 0.480 e. The van der Waals surface area contributed by atoms with E-state index in [9.17, 15) is 9.59 Å². The average molecular weight is 385 g/mol. The molecule has 0 saturated heterocycles. The van der Waals surface area contributed by atoms with Crippen molar-refractivity contribution in [2.24, 2.45) is 0 Å². The highest BCUT2D eigenvalue weighted by Gasteiger charge is 2.23. The fraction of sp³-hybridized carbons (Fsp3) is 0.150. The molecule has 27 heavy (non-hydrogen) atoms. The van der Waals surface area contributed by atoms with E-state index in [1.807, 2.05) is 6.07 Å². The highest BCUT2D eigenvalue weighted by molar-refractivity contribution is 6.31. The van der Waals surface area contributed by atoms with Crippen LogP contribution in [-0.2, 0) is 11.3 Å². The van der Waals surface area contributed by atoms with Crippen molar-refractivity contribution in [3.8, 4) is 5.88 Å². The number of pyridine rings is 1. The van der Waals surface area contributed by atoms with E-state index in [0.29, 0.717) is 27.1 Å². The van der Waals surface area contributed by atoms with E-state index >= 15 is 0 Å². The number of aromatic nitrogens is 1. The highest BCUT2D eigenvalue weighted by atomic mass is 35.5. The van der Waals surface area contributed by atoms with E-state index in [2.05, 4.69) is 10.3 Å². The number of esters is 1. The van der Waals surface area contributed by atoms with Crippen LogP contribution in [0.4, 0.5) is 0 Å². The molecule has 0 bridgehead atoms. The summed E-state index contributed by atoms with van der Waals surface area (Å²) in [6.45, 7) is 0.0773. The van der Waals surface area contributed by atoms with Gasteiger partial charge in [0, 0.05) is 28.1 Å². The molecule has 0 unspecified atom stereocenters. The maximum atomic E-state index is 12.4. The van der Waals surface area contributed by atoms with Gasteiger partial charge in [-0.3, -0.25) is 4.79 Å². The van der Waals surface area contributed by atoms with Crippen LogP contribution in [0.2, 0.25) is 5.02 Å². The smallest absolute Gasteiger partial charge is 0.343 e. The summed E-state index contributed by atoms with van der Waals surface area (Å²) >= 11 is 6.13. The number of fused-ring (bicyclic) bond motifs is 1. The number of benzene rings is 2. The Balaban J connectivity index is 2.09. The lowest BCUT2D eigenvalue weighted by molar-refractivity contribution is 0.0594. The molecule has 0 aliphatic rings. The zero-order chi connectivity index (χ0) is 19.4. The van der Waals surface area contributed by atoms with E-state index in [0.717, 1.165) is 0 Å². The summed E-state index contributed by atoms with van der Waals surface area (Å²) in [5.41, 5.74) is 1.78. The fourth-order valence-corrected chi connectivity index (χ4v) is 2.95. The number of hydrogen-bond acceptors (Lipinski definition) is 5. The molecule has 0 spiro atoms. The molecule has 0 aliphatic carbocycles. The number of carbonyl (C=O) groups excluding carboxylic acids is 2. The molecular formula is C20H17ClN2O4. The third-order valence-corrected chi connectivity index (χ3v) is 4.30. The van der Waals surface area contributed by atoms with E-state index < -0.39 is 5.97 Å². The predicted molar refractivity (Wildman–Crippen MR) is 102 cm³/mol. The van der Waals surface area contributed by atoms with Gasteiger partial charge in [-0.15, -0.1) is 0 Å². The van der Waals surface area contributed by atoms with Crippen LogP contribution in [0.3, 0.4) is 0 Å². The Morgan fingerprint density at radius 1 is 1.11 bits per heavy atom. The van der Waals surface area contributed by atoms with Crippen LogP contribution in [0.1, 0.15) is 26.3 Å². The van der Waals surface area contributed by atoms with Crippen LogP contribution in [0, 0.1) is 0 Å². The Kier molecular flexibility index (Phi) is 5.57. The van der Waals surface area contributed by atoms with Gasteiger partial charge >= 0.3 is 5.97 Å². The Bertz CT molecular complexity index is 1010. The van der Waals surface area contributed by atoms with Gasteiger partial charge in [0.25, 0.3) is 5.91 Å². The second kappa shape index (κ2) is 8.05. The van der Waals surface area contributed by atoms with E-state index in [4.69, 9.17) is 21.1 Å². The summed E-state index contributed by atoms with van der Waals surface area (Å²) in [4.78, 5) is 29.2. The zero-order valence-corrected chi connectivity index (χ0v) is 15.5. The Morgan fingerprint density at radius 3 is 2.52 bits per heavy atom. The van der Waals surface area contributed by atoms with Crippen LogP contribution in [0.25, 0.3) is 10.9 Å². The van der Waals surface area contributed by atoms with Gasteiger partial charge in [-0.25, -0.2) is 9.78 Å². The van der Waals surface area contributed by atoms with E-state index in [-0.39, 0.29) is 23.9 Å². The SMILES string of the molecule is COC(=O)c1c(OC)nc2ccc(Cl)cc2c1CNC(=O)c1ccccc1. The van der Waals surface area contributed by atoms with Crippen LogP contribution >= 0.6 is 11.6 Å². The van der Waals surface area contributed by atoms with Crippen molar-refractivity contribution >= 4 is 34.4 Å². The lowest BCUT2D eigenvalue weighted by Gasteiger charge is -2.15. The van der Waals surface area contributed by atoms with Gasteiger partial charge in [0.05, 0.1) is 19.7 Å². The minimum absolute atomic E-state index is 0.0773. The summed E-state index contributed by atoms with van der Waals surface area (Å²) in [5.74, 6) is -0.747. The summed E-state index contributed by atoms with van der Waals surface area (Å²) in [5, 5.41) is 3.95. The topological polar surface area (TPSA) is 77.5 Å². The molecular weight excluding hydrogens is 368 g/mol. The highest BCUT2D eigenvalue weighted by Crippen LogP contribution is 2.30. The number of rotatable bonds is 5. The monoisotopic (exact) mass is 384 g/mol. The molecule has 1 amide bonds. The molecule has 1 aromatic heterocycles. The second-order valence-corrected chi connectivity index (χ2v) is 6.11. The number of hydrogen-bond donors (Lipinski definition) is 1. The van der Waals surface area contributed by atoms with Crippen molar-refractivity contribution in [1.82, 2.24) is 10.3 Å². The standard InChI is InChI=1S/C20H17ClN2O4/c1-26-19-17(20(25)27-2)15(14-10-13(21)8-9-16(14)23-19)11-22-18(24)12-6-4-3-5-7-12/h3-10H,11H2,1-2H3,(H,22,24). The molecule has 3 rings (SSSR count). The third-order valence-electron chi connectivity index (χ3n) is 4.07. The predicted octanol–water partition coefficient (Wildman–Crippen LogP) is 3.61. The lowest BCUT2D eigenvalue weighted by Crippen LogP contribution is -2.24. The van der Waals surface area contributed by atoms with Gasteiger partial charge in [-0.2, -0.15) is 0 Å². The fourth-order valence-electron chi connectivity index (χ4n) is 2.78. The van der Waals surface area contributed by atoms with Gasteiger partial charge in [0.1, 0.15) is 5.56 Å². The summed E-state index contributed by atoms with van der Waals surface area (Å²) in [6, 6.07) is 13.9. The number of nitrogens with one attached hydrogen (secondary N) is 1. The van der Waals surface area contributed by atoms with Crippen LogP contribution in [-0.4, -0.2) is 31.1 Å². The number of methoxy groups -OCH3 is 2. The molecule has 0 radical (unpaired) electrons. The first-order chi connectivity index (χ1) is 13.0. The molecule has 1 heterocycles. The summed E-state index contributed by atoms with van der Waals surface area (Å²) < 4.78 is 10.2. The quantitative estimate of drug-likeness (QED) is 0.680. The van der Waals surface area contributed by atoms with Crippen molar-refractivity contribution in [3.05, 3.63) is 70.2 Å². The maximum absolute atomic E-state index is 12.4. The Labute approximate surface area is 161 Å². The molecule has 3 aromatic rings. The Hall–Kier alpha value is -3.12. The lowest BCUT2D eigenvalue weighted by atomic mass is 10.0. The minimum Gasteiger partial charge on any atom is -0.480 e. The maximum Gasteiger partial charge on any atom is 0.343 e. The first-order valence-electron chi connectivity index (χ1n) is 8.13. The van der Waals surface area contributed by atoms with Crippen molar-refractivity contribution in [3.63, 3.8) is 0 Å². The van der Waals surface area contributed by atoms with E-state index in [1.54, 1.807) is 42.5 Å². The summed E-state index contributed by atoms with van der Waals surface area (Å²) in [6.07, 6.45) is 0. The van der Waals surface area contributed by atoms with Crippen molar-refractivity contribution in [2.75, 3.05) is 14.2 Å². The van der Waals surface area contributed by atoms with Crippen LogP contribution < -0.4 is 10.1 Å². The molecule has 138 valence electrons. The van der Waals surface area contributed by atoms with Gasteiger partial charge in [-0.1, -0.05) is 29.8 Å². The second-order valence-electron chi connectivity index (χ2n) is 5.68. The summed E-state index contributed by atoms with van der Waals surface area (Å²) in [7, 11) is 2.69. The number of halogens is 1. The molecule has 0 fully saturated rings.